The first-order chi connectivity index (χ1) is 8.70. The van der Waals surface area contributed by atoms with Gasteiger partial charge in [-0.1, -0.05) is 62.2 Å². The summed E-state index contributed by atoms with van der Waals surface area (Å²) in [6, 6.07) is 16.7. The average Bonchev–Trinajstić information content (AvgIpc) is 2.39. The van der Waals surface area contributed by atoms with Crippen LogP contribution in [0.3, 0.4) is 0 Å². The third-order valence-electron chi connectivity index (χ3n) is 2.95. The fourth-order valence-corrected chi connectivity index (χ4v) is 2.92. The van der Waals surface area contributed by atoms with E-state index in [0.29, 0.717) is 11.8 Å². The summed E-state index contributed by atoms with van der Waals surface area (Å²) in [5.74, 6) is 0.974. The minimum atomic E-state index is 0.346. The summed E-state index contributed by atoms with van der Waals surface area (Å²) in [4.78, 5) is 0. The number of benzene rings is 2. The van der Waals surface area contributed by atoms with Crippen LogP contribution in [0.2, 0.25) is 0 Å². The molecular formula is C15H13Br2Cl. The minimum Gasteiger partial charge on any atom is -0.126 e. The van der Waals surface area contributed by atoms with E-state index in [9.17, 15) is 0 Å². The summed E-state index contributed by atoms with van der Waals surface area (Å²) in [6.07, 6.45) is 0.951. The van der Waals surface area contributed by atoms with E-state index >= 15 is 0 Å². The van der Waals surface area contributed by atoms with Crippen molar-refractivity contribution in [1.82, 2.24) is 0 Å². The summed E-state index contributed by atoms with van der Waals surface area (Å²) in [7, 11) is 0. The highest BCUT2D eigenvalue weighted by atomic mass is 79.9. The number of rotatable bonds is 4. The Balaban J connectivity index is 2.20. The molecule has 0 saturated carbocycles. The highest BCUT2D eigenvalue weighted by molar-refractivity contribution is 9.10. The van der Waals surface area contributed by atoms with Crippen LogP contribution < -0.4 is 0 Å². The smallest absolute Gasteiger partial charge is 0.0295 e. The molecule has 18 heavy (non-hydrogen) atoms. The third kappa shape index (κ3) is 3.59. The maximum atomic E-state index is 6.12. The molecule has 0 bridgehead atoms. The molecule has 0 N–H and O–H groups in total. The molecule has 0 amide bonds. The van der Waals surface area contributed by atoms with Gasteiger partial charge in [0.2, 0.25) is 0 Å². The van der Waals surface area contributed by atoms with E-state index in [1.807, 2.05) is 6.07 Å². The van der Waals surface area contributed by atoms with Gasteiger partial charge < -0.3 is 0 Å². The molecule has 94 valence electrons. The molecule has 0 nitrogen and oxygen atoms in total. The molecule has 2 rings (SSSR count). The molecule has 0 radical (unpaired) electrons. The first kappa shape index (κ1) is 14.1. The molecule has 0 aromatic heterocycles. The van der Waals surface area contributed by atoms with E-state index < -0.39 is 0 Å². The maximum Gasteiger partial charge on any atom is 0.0295 e. The molecule has 2 aromatic rings. The van der Waals surface area contributed by atoms with Gasteiger partial charge in [0.15, 0.2) is 0 Å². The number of alkyl halides is 1. The van der Waals surface area contributed by atoms with Gasteiger partial charge in [0.05, 0.1) is 0 Å². The molecular weight excluding hydrogens is 375 g/mol. The van der Waals surface area contributed by atoms with Crippen LogP contribution in [-0.4, -0.2) is 5.88 Å². The summed E-state index contributed by atoms with van der Waals surface area (Å²) in [5.41, 5.74) is 2.58. The van der Waals surface area contributed by atoms with Crippen LogP contribution in [0.5, 0.6) is 0 Å². The number of hydrogen-bond donors (Lipinski definition) is 0. The second-order valence-electron chi connectivity index (χ2n) is 4.20. The van der Waals surface area contributed by atoms with Crippen LogP contribution in [0, 0.1) is 0 Å². The molecule has 0 heterocycles. The normalized spacial score (nSPS) is 12.4. The highest BCUT2D eigenvalue weighted by Crippen LogP contribution is 2.27. The maximum absolute atomic E-state index is 6.12. The van der Waals surface area contributed by atoms with Crippen molar-refractivity contribution < 1.29 is 0 Å². The lowest BCUT2D eigenvalue weighted by molar-refractivity contribution is 0.763. The van der Waals surface area contributed by atoms with Gasteiger partial charge in [-0.3, -0.25) is 0 Å². The van der Waals surface area contributed by atoms with Crippen molar-refractivity contribution in [3.8, 4) is 0 Å². The molecule has 0 spiro atoms. The Hall–Kier alpha value is -0.310. The van der Waals surface area contributed by atoms with Crippen LogP contribution in [0.15, 0.2) is 57.5 Å². The lowest BCUT2D eigenvalue weighted by atomic mass is 9.94. The van der Waals surface area contributed by atoms with E-state index in [2.05, 4.69) is 74.3 Å². The molecule has 3 heteroatoms. The molecule has 0 fully saturated rings. The Morgan fingerprint density at radius 3 is 2.22 bits per heavy atom. The standard InChI is InChI=1S/C15H13Br2Cl/c16-14-7-5-11(6-8-14)13(10-18)9-12-3-1-2-4-15(12)17/h1-8,13H,9-10H2. The van der Waals surface area contributed by atoms with Gasteiger partial charge in [-0.25, -0.2) is 0 Å². The van der Waals surface area contributed by atoms with Crippen LogP contribution in [0.25, 0.3) is 0 Å². The van der Waals surface area contributed by atoms with Crippen LogP contribution in [0.1, 0.15) is 17.0 Å². The number of hydrogen-bond acceptors (Lipinski definition) is 0. The fraction of sp³-hybridized carbons (Fsp3) is 0.200. The average molecular weight is 389 g/mol. The summed E-state index contributed by atoms with van der Waals surface area (Å²) in [5, 5.41) is 0. The van der Waals surface area contributed by atoms with E-state index in [1.54, 1.807) is 0 Å². The molecule has 1 unspecified atom stereocenters. The first-order valence-electron chi connectivity index (χ1n) is 5.75. The van der Waals surface area contributed by atoms with Gasteiger partial charge in [-0.15, -0.1) is 11.6 Å². The van der Waals surface area contributed by atoms with Gasteiger partial charge in [0, 0.05) is 20.7 Å². The zero-order valence-electron chi connectivity index (χ0n) is 9.74. The zero-order valence-corrected chi connectivity index (χ0v) is 13.7. The Kier molecular flexibility index (Phi) is 5.28. The molecule has 1 atom stereocenters. The second-order valence-corrected chi connectivity index (χ2v) is 6.28. The molecule has 0 aliphatic heterocycles. The minimum absolute atomic E-state index is 0.346. The van der Waals surface area contributed by atoms with E-state index in [0.717, 1.165) is 15.4 Å². The quantitative estimate of drug-likeness (QED) is 0.583. The van der Waals surface area contributed by atoms with Crippen molar-refractivity contribution in [3.05, 3.63) is 68.6 Å². The van der Waals surface area contributed by atoms with Crippen LogP contribution in [-0.2, 0) is 6.42 Å². The van der Waals surface area contributed by atoms with E-state index in [4.69, 9.17) is 11.6 Å². The predicted octanol–water partition coefficient (Wildman–Crippen LogP) is 5.78. The van der Waals surface area contributed by atoms with Crippen molar-refractivity contribution in [3.63, 3.8) is 0 Å². The first-order valence-corrected chi connectivity index (χ1v) is 7.87. The van der Waals surface area contributed by atoms with E-state index in [1.165, 1.54) is 11.1 Å². The van der Waals surface area contributed by atoms with Crippen molar-refractivity contribution in [1.29, 1.82) is 0 Å². The summed E-state index contributed by atoms with van der Waals surface area (Å²) < 4.78 is 2.25. The molecule has 0 aliphatic rings. The van der Waals surface area contributed by atoms with Crippen LogP contribution >= 0.6 is 43.5 Å². The summed E-state index contributed by atoms with van der Waals surface area (Å²) >= 11 is 13.2. The Bertz CT molecular complexity index is 508. The number of halogens is 3. The third-order valence-corrected chi connectivity index (χ3v) is 4.63. The Labute approximate surface area is 130 Å². The van der Waals surface area contributed by atoms with Gasteiger partial charge >= 0.3 is 0 Å². The van der Waals surface area contributed by atoms with Crippen molar-refractivity contribution in [2.24, 2.45) is 0 Å². The Morgan fingerprint density at radius 2 is 1.61 bits per heavy atom. The SMILES string of the molecule is ClCC(Cc1ccccc1Br)c1ccc(Br)cc1. The summed E-state index contributed by atoms with van der Waals surface area (Å²) in [6.45, 7) is 0. The lowest BCUT2D eigenvalue weighted by Crippen LogP contribution is -2.05. The largest absolute Gasteiger partial charge is 0.126 e. The molecule has 0 aliphatic carbocycles. The zero-order chi connectivity index (χ0) is 13.0. The molecule has 2 aromatic carbocycles. The second kappa shape index (κ2) is 6.74. The fourth-order valence-electron chi connectivity index (χ4n) is 1.93. The topological polar surface area (TPSA) is 0 Å². The van der Waals surface area contributed by atoms with Crippen molar-refractivity contribution in [2.75, 3.05) is 5.88 Å². The van der Waals surface area contributed by atoms with Crippen molar-refractivity contribution in [2.45, 2.75) is 12.3 Å². The molecule has 0 saturated heterocycles. The predicted molar refractivity (Wildman–Crippen MR) is 85.4 cm³/mol. The van der Waals surface area contributed by atoms with Gasteiger partial charge in [-0.05, 0) is 35.7 Å². The monoisotopic (exact) mass is 386 g/mol. The van der Waals surface area contributed by atoms with Gasteiger partial charge in [0.25, 0.3) is 0 Å². The van der Waals surface area contributed by atoms with Crippen LogP contribution in [0.4, 0.5) is 0 Å². The lowest BCUT2D eigenvalue weighted by Gasteiger charge is -2.15. The van der Waals surface area contributed by atoms with Gasteiger partial charge in [-0.2, -0.15) is 0 Å². The van der Waals surface area contributed by atoms with E-state index in [-0.39, 0.29) is 0 Å². The Morgan fingerprint density at radius 1 is 0.944 bits per heavy atom. The highest BCUT2D eigenvalue weighted by Gasteiger charge is 2.12. The van der Waals surface area contributed by atoms with Crippen molar-refractivity contribution >= 4 is 43.5 Å². The van der Waals surface area contributed by atoms with Gasteiger partial charge in [0.1, 0.15) is 0 Å².